The van der Waals surface area contributed by atoms with Crippen LogP contribution in [0.1, 0.15) is 24.0 Å². The monoisotopic (exact) mass is 284 g/mol. The summed E-state index contributed by atoms with van der Waals surface area (Å²) in [4.78, 5) is 2.15. The average molecular weight is 284 g/mol. The van der Waals surface area contributed by atoms with Crippen LogP contribution >= 0.6 is 0 Å². The van der Waals surface area contributed by atoms with E-state index < -0.39 is 0 Å². The molecule has 0 aromatic heterocycles. The van der Waals surface area contributed by atoms with Crippen molar-refractivity contribution in [2.24, 2.45) is 0 Å². The summed E-state index contributed by atoms with van der Waals surface area (Å²) < 4.78 is 13.0. The van der Waals surface area contributed by atoms with Crippen molar-refractivity contribution in [1.82, 2.24) is 5.32 Å². The van der Waals surface area contributed by atoms with Gasteiger partial charge in [0.1, 0.15) is 5.82 Å². The van der Waals surface area contributed by atoms with Crippen LogP contribution in [0.3, 0.4) is 0 Å². The second-order valence-corrected chi connectivity index (χ2v) is 5.76. The molecule has 21 heavy (non-hydrogen) atoms. The third kappa shape index (κ3) is 3.82. The van der Waals surface area contributed by atoms with Gasteiger partial charge >= 0.3 is 0 Å². The molecule has 0 saturated heterocycles. The number of hydrogen-bond donors (Lipinski definition) is 1. The lowest BCUT2D eigenvalue weighted by Crippen LogP contribution is -2.20. The van der Waals surface area contributed by atoms with Gasteiger partial charge in [-0.3, -0.25) is 0 Å². The van der Waals surface area contributed by atoms with E-state index in [-0.39, 0.29) is 5.82 Å². The second kappa shape index (κ2) is 6.27. The first-order valence-corrected chi connectivity index (χ1v) is 7.49. The van der Waals surface area contributed by atoms with Gasteiger partial charge in [0.15, 0.2) is 0 Å². The van der Waals surface area contributed by atoms with Crippen molar-refractivity contribution < 1.29 is 4.39 Å². The van der Waals surface area contributed by atoms with Crippen molar-refractivity contribution in [3.63, 3.8) is 0 Å². The molecule has 0 atom stereocenters. The molecule has 2 nitrogen and oxygen atoms in total. The highest BCUT2D eigenvalue weighted by molar-refractivity contribution is 5.46. The molecule has 110 valence electrons. The molecule has 1 N–H and O–H groups in total. The standard InChI is InChI=1S/C18H21FN2/c1-21(18-10-6-16(19)7-11-18)13-15-5-3-2-4-14(15)12-20-17-8-9-17/h2-7,10-11,17,20H,8-9,12-13H2,1H3. The Kier molecular flexibility index (Phi) is 4.20. The number of halogens is 1. The number of anilines is 1. The lowest BCUT2D eigenvalue weighted by atomic mass is 10.1. The first-order chi connectivity index (χ1) is 10.2. The van der Waals surface area contributed by atoms with Crippen molar-refractivity contribution in [1.29, 1.82) is 0 Å². The summed E-state index contributed by atoms with van der Waals surface area (Å²) >= 11 is 0. The van der Waals surface area contributed by atoms with Crippen molar-refractivity contribution in [2.75, 3.05) is 11.9 Å². The van der Waals surface area contributed by atoms with E-state index in [1.165, 1.54) is 36.1 Å². The predicted molar refractivity (Wildman–Crippen MR) is 84.8 cm³/mol. The smallest absolute Gasteiger partial charge is 0.123 e. The number of hydrogen-bond acceptors (Lipinski definition) is 2. The lowest BCUT2D eigenvalue weighted by molar-refractivity contribution is 0.627. The highest BCUT2D eigenvalue weighted by Gasteiger charge is 2.20. The van der Waals surface area contributed by atoms with Crippen molar-refractivity contribution in [3.05, 3.63) is 65.5 Å². The van der Waals surface area contributed by atoms with Crippen molar-refractivity contribution >= 4 is 5.69 Å². The Morgan fingerprint density at radius 3 is 2.38 bits per heavy atom. The van der Waals surface area contributed by atoms with Gasteiger partial charge in [0, 0.05) is 31.9 Å². The molecule has 2 aromatic rings. The molecule has 1 saturated carbocycles. The summed E-state index contributed by atoms with van der Waals surface area (Å²) in [6.07, 6.45) is 2.61. The van der Waals surface area contributed by atoms with E-state index in [1.807, 2.05) is 19.2 Å². The zero-order chi connectivity index (χ0) is 14.7. The van der Waals surface area contributed by atoms with E-state index in [2.05, 4.69) is 34.5 Å². The Balaban J connectivity index is 1.69. The van der Waals surface area contributed by atoms with Crippen LogP contribution in [0.25, 0.3) is 0 Å². The van der Waals surface area contributed by atoms with Gasteiger partial charge in [0.05, 0.1) is 0 Å². The summed E-state index contributed by atoms with van der Waals surface area (Å²) in [5.41, 5.74) is 3.69. The fourth-order valence-electron chi connectivity index (χ4n) is 2.47. The summed E-state index contributed by atoms with van der Waals surface area (Å²) in [5, 5.41) is 3.57. The molecule has 0 unspecified atom stereocenters. The number of nitrogens with zero attached hydrogens (tertiary/aromatic N) is 1. The second-order valence-electron chi connectivity index (χ2n) is 5.76. The summed E-state index contributed by atoms with van der Waals surface area (Å²) in [7, 11) is 2.04. The molecule has 1 aliphatic carbocycles. The van der Waals surface area contributed by atoms with Crippen LogP contribution in [-0.2, 0) is 13.1 Å². The molecule has 0 spiro atoms. The van der Waals surface area contributed by atoms with Crippen LogP contribution in [0, 0.1) is 5.82 Å². The minimum Gasteiger partial charge on any atom is -0.370 e. The number of rotatable bonds is 6. The SMILES string of the molecule is CN(Cc1ccccc1CNC1CC1)c1ccc(F)cc1. The van der Waals surface area contributed by atoms with Gasteiger partial charge in [0.2, 0.25) is 0 Å². The normalized spacial score (nSPS) is 14.2. The third-order valence-electron chi connectivity index (χ3n) is 3.95. The van der Waals surface area contributed by atoms with Crippen LogP contribution in [0.15, 0.2) is 48.5 Å². The Morgan fingerprint density at radius 2 is 1.71 bits per heavy atom. The molecular formula is C18H21FN2. The molecule has 1 fully saturated rings. The van der Waals surface area contributed by atoms with Crippen molar-refractivity contribution in [3.8, 4) is 0 Å². The zero-order valence-corrected chi connectivity index (χ0v) is 12.3. The molecule has 0 heterocycles. The van der Waals surface area contributed by atoms with Gasteiger partial charge in [-0.15, -0.1) is 0 Å². The van der Waals surface area contributed by atoms with E-state index in [0.717, 1.165) is 18.8 Å². The molecule has 0 radical (unpaired) electrons. The minimum absolute atomic E-state index is 0.193. The maximum atomic E-state index is 13.0. The fraction of sp³-hybridized carbons (Fsp3) is 0.333. The molecule has 2 aromatic carbocycles. The summed E-state index contributed by atoms with van der Waals surface area (Å²) in [5.74, 6) is -0.193. The van der Waals surface area contributed by atoms with E-state index in [9.17, 15) is 4.39 Å². The van der Waals surface area contributed by atoms with Gasteiger partial charge < -0.3 is 10.2 Å². The first-order valence-electron chi connectivity index (χ1n) is 7.49. The first kappa shape index (κ1) is 14.1. The molecule has 3 heteroatoms. The van der Waals surface area contributed by atoms with Gasteiger partial charge in [-0.25, -0.2) is 4.39 Å². The summed E-state index contributed by atoms with van der Waals surface area (Å²) in [6.45, 7) is 1.76. The maximum absolute atomic E-state index is 13.0. The van der Waals surface area contributed by atoms with Crippen LogP contribution in [0.5, 0.6) is 0 Å². The highest BCUT2D eigenvalue weighted by Crippen LogP contribution is 2.21. The predicted octanol–water partition coefficient (Wildman–Crippen LogP) is 3.71. The van der Waals surface area contributed by atoms with Crippen LogP contribution in [0.4, 0.5) is 10.1 Å². The van der Waals surface area contributed by atoms with Crippen LogP contribution in [0.2, 0.25) is 0 Å². The van der Waals surface area contributed by atoms with Gasteiger partial charge in [-0.2, -0.15) is 0 Å². The number of benzene rings is 2. The largest absolute Gasteiger partial charge is 0.370 e. The fourth-order valence-corrected chi connectivity index (χ4v) is 2.47. The molecular weight excluding hydrogens is 263 g/mol. The van der Waals surface area contributed by atoms with Crippen molar-refractivity contribution in [2.45, 2.75) is 32.0 Å². The molecule has 0 bridgehead atoms. The van der Waals surface area contributed by atoms with Gasteiger partial charge in [-0.05, 0) is 48.2 Å². The van der Waals surface area contributed by atoms with E-state index in [4.69, 9.17) is 0 Å². The Labute approximate surface area is 125 Å². The van der Waals surface area contributed by atoms with Crippen LogP contribution in [-0.4, -0.2) is 13.1 Å². The number of nitrogens with one attached hydrogen (secondary N) is 1. The molecule has 0 amide bonds. The molecule has 1 aliphatic rings. The average Bonchev–Trinajstić information content (AvgIpc) is 3.31. The summed E-state index contributed by atoms with van der Waals surface area (Å²) in [6, 6.07) is 15.9. The zero-order valence-electron chi connectivity index (χ0n) is 12.3. The lowest BCUT2D eigenvalue weighted by Gasteiger charge is -2.21. The van der Waals surface area contributed by atoms with E-state index in [1.54, 1.807) is 0 Å². The topological polar surface area (TPSA) is 15.3 Å². The molecule has 3 rings (SSSR count). The Morgan fingerprint density at radius 1 is 1.05 bits per heavy atom. The van der Waals surface area contributed by atoms with E-state index in [0.29, 0.717) is 6.04 Å². The Bertz CT molecular complexity index is 590. The van der Waals surface area contributed by atoms with Gasteiger partial charge in [0.25, 0.3) is 0 Å². The maximum Gasteiger partial charge on any atom is 0.123 e. The minimum atomic E-state index is -0.193. The van der Waals surface area contributed by atoms with Crippen LogP contribution < -0.4 is 10.2 Å². The Hall–Kier alpha value is -1.87. The van der Waals surface area contributed by atoms with E-state index >= 15 is 0 Å². The molecule has 0 aliphatic heterocycles. The quantitative estimate of drug-likeness (QED) is 0.870. The highest BCUT2D eigenvalue weighted by atomic mass is 19.1. The third-order valence-corrected chi connectivity index (χ3v) is 3.95. The van der Waals surface area contributed by atoms with Gasteiger partial charge in [-0.1, -0.05) is 24.3 Å².